The molecule has 0 amide bonds. The first-order valence-corrected chi connectivity index (χ1v) is 15.6. The Hall–Kier alpha value is -3.33. The highest BCUT2D eigenvalue weighted by atomic mass is 35.5. The number of hydrogen-bond donors (Lipinski definition) is 2. The molecular weight excluding hydrogens is 625 g/mol. The number of rotatable bonds is 12. The van der Waals surface area contributed by atoms with Crippen LogP contribution in [-0.2, 0) is 37.2 Å². The van der Waals surface area contributed by atoms with Crippen LogP contribution in [0.25, 0.3) is 10.4 Å². The average Bonchev–Trinajstić information content (AvgIpc) is 3.21. The molecule has 3 heterocycles. The molecule has 0 aliphatic carbocycles. The molecule has 1 aromatic heterocycles. The molecule has 238 valence electrons. The highest BCUT2D eigenvalue weighted by molar-refractivity contribution is 7.48. The van der Waals surface area contributed by atoms with Crippen LogP contribution in [0.1, 0.15) is 63.8 Å². The second-order valence-corrected chi connectivity index (χ2v) is 12.2. The van der Waals surface area contributed by atoms with Gasteiger partial charge in [0, 0.05) is 41.5 Å². The normalized spacial score (nSPS) is 30.0. The van der Waals surface area contributed by atoms with Gasteiger partial charge in [0.15, 0.2) is 18.1 Å². The van der Waals surface area contributed by atoms with E-state index < -0.39 is 67.2 Å². The van der Waals surface area contributed by atoms with E-state index in [0.29, 0.717) is 21.6 Å². The zero-order valence-electron chi connectivity index (χ0n) is 23.8. The standard InChI is InChI=1S/C26H31ClN5O11P/c1-3-6-19(33)26(37)22(41-21(35)7-4-2)25(30-31-28,42-23(26)32-12-10-20(34)29-24(32)36)15-40-44(38)39-13-11-18(43-44)16-8-5-9-17(27)14-16/h5,8-10,12,14,18,22-23,37H,3-4,6-7,11,13,15H2,1-2H3,(H,29,34,36)/t18-,22+,23+,25+,26+,44?/m0/s1. The van der Waals surface area contributed by atoms with Crippen LogP contribution in [0.3, 0.4) is 0 Å². The molecule has 2 aliphatic heterocycles. The van der Waals surface area contributed by atoms with E-state index in [9.17, 15) is 34.4 Å². The van der Waals surface area contributed by atoms with Crippen LogP contribution >= 0.6 is 19.4 Å². The molecular formula is C26H31ClN5O11P. The lowest BCUT2D eigenvalue weighted by molar-refractivity contribution is -0.177. The Balaban J connectivity index is 1.79. The number of phosphoric ester groups is 1. The van der Waals surface area contributed by atoms with Crippen molar-refractivity contribution in [3.63, 3.8) is 0 Å². The highest BCUT2D eigenvalue weighted by Gasteiger charge is 2.70. The van der Waals surface area contributed by atoms with Gasteiger partial charge in [-0.3, -0.25) is 37.5 Å². The van der Waals surface area contributed by atoms with E-state index in [1.165, 1.54) is 0 Å². The molecule has 16 nitrogen and oxygen atoms in total. The third kappa shape index (κ3) is 6.82. The monoisotopic (exact) mass is 655 g/mol. The molecule has 4 rings (SSSR count). The van der Waals surface area contributed by atoms with E-state index in [4.69, 9.17) is 34.6 Å². The Kier molecular flexibility index (Phi) is 10.5. The number of aromatic amines is 1. The Labute approximate surface area is 255 Å². The first-order chi connectivity index (χ1) is 20.9. The minimum atomic E-state index is -4.46. The van der Waals surface area contributed by atoms with Crippen molar-refractivity contribution < 1.29 is 42.3 Å². The number of ketones is 1. The molecule has 2 aromatic rings. The van der Waals surface area contributed by atoms with Crippen molar-refractivity contribution in [3.8, 4) is 0 Å². The van der Waals surface area contributed by atoms with Gasteiger partial charge in [-0.2, -0.15) is 0 Å². The number of ether oxygens (including phenoxy) is 2. The second kappa shape index (κ2) is 13.8. The van der Waals surface area contributed by atoms with Gasteiger partial charge in [0.05, 0.1) is 19.3 Å². The Morgan fingerprint density at radius 3 is 2.68 bits per heavy atom. The molecule has 2 fully saturated rings. The van der Waals surface area contributed by atoms with Crippen LogP contribution in [0.2, 0.25) is 5.02 Å². The number of phosphoric acid groups is 1. The van der Waals surface area contributed by atoms with Gasteiger partial charge in [-0.1, -0.05) is 42.7 Å². The Bertz CT molecular complexity index is 1610. The first-order valence-electron chi connectivity index (χ1n) is 13.7. The molecule has 1 unspecified atom stereocenters. The van der Waals surface area contributed by atoms with Gasteiger partial charge < -0.3 is 14.6 Å². The molecule has 44 heavy (non-hydrogen) atoms. The molecule has 0 saturated carbocycles. The van der Waals surface area contributed by atoms with E-state index in [2.05, 4.69) is 10.0 Å². The zero-order valence-corrected chi connectivity index (χ0v) is 25.4. The number of benzene rings is 1. The Morgan fingerprint density at radius 1 is 1.27 bits per heavy atom. The summed E-state index contributed by atoms with van der Waals surface area (Å²) in [6, 6.07) is 7.55. The number of carbonyl (C=O) groups is 2. The number of esters is 1. The van der Waals surface area contributed by atoms with Gasteiger partial charge in [-0.15, -0.1) is 0 Å². The van der Waals surface area contributed by atoms with Crippen molar-refractivity contribution in [2.24, 2.45) is 5.11 Å². The van der Waals surface area contributed by atoms with Crippen molar-refractivity contribution in [1.29, 1.82) is 0 Å². The third-order valence-electron chi connectivity index (χ3n) is 6.98. The number of aliphatic hydroxyl groups is 1. The molecule has 0 bridgehead atoms. The van der Waals surface area contributed by atoms with Gasteiger partial charge in [0.25, 0.3) is 5.56 Å². The summed E-state index contributed by atoms with van der Waals surface area (Å²) in [4.78, 5) is 55.7. The maximum Gasteiger partial charge on any atom is 0.475 e. The number of azide groups is 1. The molecule has 0 spiro atoms. The summed E-state index contributed by atoms with van der Waals surface area (Å²) in [6.07, 6.45) is -3.60. The smallest absolute Gasteiger partial charge is 0.455 e. The van der Waals surface area contributed by atoms with Crippen LogP contribution in [0.5, 0.6) is 0 Å². The van der Waals surface area contributed by atoms with E-state index in [0.717, 1.165) is 12.3 Å². The zero-order chi connectivity index (χ0) is 32.1. The molecule has 6 atom stereocenters. The molecule has 2 aliphatic rings. The van der Waals surface area contributed by atoms with Crippen LogP contribution in [0, 0.1) is 0 Å². The summed E-state index contributed by atoms with van der Waals surface area (Å²) in [5.41, 5.74) is 2.82. The highest BCUT2D eigenvalue weighted by Crippen LogP contribution is 2.59. The lowest BCUT2D eigenvalue weighted by Gasteiger charge is -2.35. The van der Waals surface area contributed by atoms with Gasteiger partial charge in [0.2, 0.25) is 11.3 Å². The Morgan fingerprint density at radius 2 is 2.02 bits per heavy atom. The molecule has 1 aromatic carbocycles. The summed E-state index contributed by atoms with van der Waals surface area (Å²) >= 11 is 6.09. The van der Waals surface area contributed by atoms with Crippen LogP contribution in [0.15, 0.2) is 51.2 Å². The first kappa shape index (κ1) is 33.6. The number of halogens is 1. The molecule has 2 saturated heterocycles. The summed E-state index contributed by atoms with van der Waals surface area (Å²) in [6.45, 7) is 2.21. The summed E-state index contributed by atoms with van der Waals surface area (Å²) in [5.74, 6) is -1.85. The maximum atomic E-state index is 13.7. The topological polar surface area (TPSA) is 221 Å². The van der Waals surface area contributed by atoms with Crippen LogP contribution in [-0.4, -0.2) is 57.1 Å². The number of carbonyl (C=O) groups excluding carboxylic acids is 2. The molecule has 0 radical (unpaired) electrons. The SMILES string of the molecule is CCCC(=O)O[C@H]1[C@](O)(C(=O)CCC)[C@H](n2ccc(=O)[nH]c2=O)O[C@@]1(COP1(=O)OCC[C@@H](c2cccc(Cl)c2)O1)N=[N+]=[N-]. The van der Waals surface area contributed by atoms with Gasteiger partial charge in [0.1, 0.15) is 0 Å². The third-order valence-corrected chi connectivity index (χ3v) is 8.67. The predicted molar refractivity (Wildman–Crippen MR) is 152 cm³/mol. The minimum Gasteiger partial charge on any atom is -0.455 e. The largest absolute Gasteiger partial charge is 0.475 e. The van der Waals surface area contributed by atoms with Crippen LogP contribution < -0.4 is 11.2 Å². The number of aromatic nitrogens is 2. The fourth-order valence-electron chi connectivity index (χ4n) is 4.96. The van der Waals surface area contributed by atoms with Gasteiger partial charge in [-0.05, 0) is 36.1 Å². The van der Waals surface area contributed by atoms with E-state index in [1.807, 2.05) is 4.98 Å². The number of nitrogens with zero attached hydrogens (tertiary/aromatic N) is 4. The lowest BCUT2D eigenvalue weighted by atomic mass is 9.85. The van der Waals surface area contributed by atoms with E-state index >= 15 is 0 Å². The van der Waals surface area contributed by atoms with Gasteiger partial charge >= 0.3 is 19.5 Å². The van der Waals surface area contributed by atoms with E-state index in [1.54, 1.807) is 38.1 Å². The number of hydrogen-bond acceptors (Lipinski definition) is 12. The summed E-state index contributed by atoms with van der Waals surface area (Å²) in [5, 5.41) is 16.1. The molecule has 18 heteroatoms. The summed E-state index contributed by atoms with van der Waals surface area (Å²) in [7, 11) is -4.46. The van der Waals surface area contributed by atoms with Crippen LogP contribution in [0.4, 0.5) is 0 Å². The number of Topliss-reactive ketones (excluding diaryl/α,β-unsaturated/α-hetero) is 1. The van der Waals surface area contributed by atoms with Crippen molar-refractivity contribution in [1.82, 2.24) is 9.55 Å². The van der Waals surface area contributed by atoms with Crippen molar-refractivity contribution in [2.45, 2.75) is 75.7 Å². The number of H-pyrrole nitrogens is 1. The van der Waals surface area contributed by atoms with E-state index in [-0.39, 0.29) is 32.3 Å². The maximum absolute atomic E-state index is 13.7. The van der Waals surface area contributed by atoms with Crippen molar-refractivity contribution in [2.75, 3.05) is 13.2 Å². The number of nitrogens with one attached hydrogen (secondary N) is 1. The average molecular weight is 656 g/mol. The molecule has 2 N–H and O–H groups in total. The van der Waals surface area contributed by atoms with Crippen molar-refractivity contribution in [3.05, 3.63) is 78.4 Å². The van der Waals surface area contributed by atoms with Gasteiger partial charge in [-0.25, -0.2) is 9.36 Å². The van der Waals surface area contributed by atoms with Crippen molar-refractivity contribution >= 4 is 31.2 Å². The quantitative estimate of drug-likeness (QED) is 0.110. The second-order valence-electron chi connectivity index (χ2n) is 10.1. The minimum absolute atomic E-state index is 0.0763. The lowest BCUT2D eigenvalue weighted by Crippen LogP contribution is -2.59. The predicted octanol–water partition coefficient (Wildman–Crippen LogP) is 3.84. The fourth-order valence-corrected chi connectivity index (χ4v) is 6.57. The summed E-state index contributed by atoms with van der Waals surface area (Å²) < 4.78 is 42.4. The fraction of sp³-hybridized carbons (Fsp3) is 0.538.